The fourth-order valence-corrected chi connectivity index (χ4v) is 4.63. The third-order valence-electron chi connectivity index (χ3n) is 5.31. The van der Waals surface area contributed by atoms with E-state index in [1.807, 2.05) is 12.1 Å². The predicted molar refractivity (Wildman–Crippen MR) is 103 cm³/mol. The lowest BCUT2D eigenvalue weighted by atomic mass is 9.90. The molecule has 3 aromatic carbocycles. The molecule has 126 valence electrons. The summed E-state index contributed by atoms with van der Waals surface area (Å²) in [4.78, 5) is 2.42. The first-order valence-electron chi connectivity index (χ1n) is 8.62. The maximum Gasteiger partial charge on any atom is 0.153 e. The molecule has 1 saturated heterocycles. The number of benzene rings is 3. The molecule has 25 heavy (non-hydrogen) atoms. The van der Waals surface area contributed by atoms with Gasteiger partial charge in [-0.15, -0.1) is 0 Å². The minimum absolute atomic E-state index is 0.0635. The Balaban J connectivity index is 1.82. The fourth-order valence-electron chi connectivity index (χ4n) is 4.22. The topological polar surface area (TPSA) is 12.5 Å². The summed E-state index contributed by atoms with van der Waals surface area (Å²) in [5.74, 6) is 0.961. The molecule has 2 aliphatic rings. The Morgan fingerprint density at radius 1 is 0.960 bits per heavy atom. The lowest BCUT2D eigenvalue weighted by Crippen LogP contribution is -2.41. The van der Waals surface area contributed by atoms with Gasteiger partial charge in [-0.2, -0.15) is 0 Å². The highest BCUT2D eigenvalue weighted by Gasteiger charge is 2.41. The van der Waals surface area contributed by atoms with Crippen LogP contribution >= 0.6 is 23.2 Å². The molecular formula is C21H17Cl2NO. The molecule has 0 unspecified atom stereocenters. The summed E-state index contributed by atoms with van der Waals surface area (Å²) in [7, 11) is 0. The van der Waals surface area contributed by atoms with E-state index in [1.54, 1.807) is 0 Å². The van der Waals surface area contributed by atoms with E-state index in [0.29, 0.717) is 10.0 Å². The van der Waals surface area contributed by atoms with Crippen LogP contribution in [-0.4, -0.2) is 17.7 Å². The smallest absolute Gasteiger partial charge is 0.153 e. The van der Waals surface area contributed by atoms with E-state index in [4.69, 9.17) is 27.9 Å². The highest BCUT2D eigenvalue weighted by atomic mass is 35.5. The molecular weight excluding hydrogens is 353 g/mol. The molecule has 0 bridgehead atoms. The molecule has 2 aliphatic heterocycles. The second kappa shape index (κ2) is 5.91. The van der Waals surface area contributed by atoms with Crippen LogP contribution in [0.2, 0.25) is 10.0 Å². The molecule has 0 spiro atoms. The van der Waals surface area contributed by atoms with E-state index in [0.717, 1.165) is 30.7 Å². The maximum absolute atomic E-state index is 6.64. The number of hydrogen-bond donors (Lipinski definition) is 0. The molecule has 0 aliphatic carbocycles. The summed E-state index contributed by atoms with van der Waals surface area (Å²) in [6.07, 6.45) is 2.28. The van der Waals surface area contributed by atoms with Crippen LogP contribution in [0.25, 0.3) is 10.8 Å². The number of fused-ring (bicyclic) bond motifs is 4. The van der Waals surface area contributed by atoms with Crippen molar-refractivity contribution in [3.8, 4) is 5.75 Å². The molecule has 1 fully saturated rings. The quantitative estimate of drug-likeness (QED) is 0.517. The van der Waals surface area contributed by atoms with Crippen molar-refractivity contribution in [1.82, 2.24) is 4.90 Å². The van der Waals surface area contributed by atoms with Crippen molar-refractivity contribution in [3.05, 3.63) is 75.8 Å². The highest BCUT2D eigenvalue weighted by molar-refractivity contribution is 6.42. The largest absolute Gasteiger partial charge is 0.475 e. The minimum Gasteiger partial charge on any atom is -0.475 e. The van der Waals surface area contributed by atoms with Gasteiger partial charge in [-0.1, -0.05) is 65.7 Å². The Hall–Kier alpha value is -1.74. The van der Waals surface area contributed by atoms with Crippen LogP contribution in [0.15, 0.2) is 54.6 Å². The van der Waals surface area contributed by atoms with Gasteiger partial charge in [-0.05, 0) is 41.3 Å². The summed E-state index contributed by atoms with van der Waals surface area (Å²) >= 11 is 13.0. The lowest BCUT2D eigenvalue weighted by Gasteiger charge is -2.40. The Labute approximate surface area is 156 Å². The number of rotatable bonds is 1. The van der Waals surface area contributed by atoms with E-state index in [-0.39, 0.29) is 12.3 Å². The SMILES string of the molecule is Clc1cccc([C@@H]2c3c(ccc4ccccc34)O[C@H]3CCCN23)c1Cl. The molecule has 0 N–H and O–H groups in total. The van der Waals surface area contributed by atoms with Crippen molar-refractivity contribution in [2.75, 3.05) is 6.54 Å². The van der Waals surface area contributed by atoms with Gasteiger partial charge in [0.25, 0.3) is 0 Å². The molecule has 3 aromatic rings. The van der Waals surface area contributed by atoms with Crippen LogP contribution in [0.1, 0.15) is 30.0 Å². The van der Waals surface area contributed by atoms with Crippen LogP contribution < -0.4 is 4.74 Å². The first-order chi connectivity index (χ1) is 12.2. The first-order valence-corrected chi connectivity index (χ1v) is 9.37. The van der Waals surface area contributed by atoms with E-state index in [1.165, 1.54) is 16.3 Å². The van der Waals surface area contributed by atoms with E-state index in [9.17, 15) is 0 Å². The fraction of sp³-hybridized carbons (Fsp3) is 0.238. The standard InChI is InChI=1S/C21H17Cl2NO/c22-16-8-3-7-15(20(16)23)21-19-14-6-2-1-5-13(14)10-11-17(19)25-18-9-4-12-24(18)21/h1-3,5-8,10-11,18,21H,4,9,12H2/t18-,21+/m0/s1. The van der Waals surface area contributed by atoms with E-state index < -0.39 is 0 Å². The van der Waals surface area contributed by atoms with Crippen molar-refractivity contribution < 1.29 is 4.74 Å². The van der Waals surface area contributed by atoms with Gasteiger partial charge in [0.15, 0.2) is 6.23 Å². The van der Waals surface area contributed by atoms with Crippen molar-refractivity contribution in [1.29, 1.82) is 0 Å². The Kier molecular flexibility index (Phi) is 3.67. The van der Waals surface area contributed by atoms with Gasteiger partial charge in [-0.25, -0.2) is 0 Å². The zero-order chi connectivity index (χ0) is 17.0. The average molecular weight is 370 g/mol. The van der Waals surface area contributed by atoms with Crippen LogP contribution in [0.5, 0.6) is 5.75 Å². The molecule has 0 aromatic heterocycles. The van der Waals surface area contributed by atoms with Crippen molar-refractivity contribution in [3.63, 3.8) is 0 Å². The molecule has 0 radical (unpaired) electrons. The summed E-state index contributed by atoms with van der Waals surface area (Å²) in [5.41, 5.74) is 2.25. The Morgan fingerprint density at radius 3 is 2.76 bits per heavy atom. The molecule has 0 saturated carbocycles. The second-order valence-electron chi connectivity index (χ2n) is 6.70. The van der Waals surface area contributed by atoms with Gasteiger partial charge in [0, 0.05) is 12.1 Å². The van der Waals surface area contributed by atoms with Crippen molar-refractivity contribution in [2.24, 2.45) is 0 Å². The summed E-state index contributed by atoms with van der Waals surface area (Å²) < 4.78 is 6.34. The molecule has 4 heteroatoms. The molecule has 2 nitrogen and oxygen atoms in total. The Bertz CT molecular complexity index is 971. The zero-order valence-electron chi connectivity index (χ0n) is 13.6. The minimum atomic E-state index is 0.0635. The molecule has 0 amide bonds. The van der Waals surface area contributed by atoms with Gasteiger partial charge in [0.2, 0.25) is 0 Å². The summed E-state index contributed by atoms with van der Waals surface area (Å²) in [5, 5.41) is 3.67. The summed E-state index contributed by atoms with van der Waals surface area (Å²) in [6, 6.07) is 18.7. The van der Waals surface area contributed by atoms with E-state index in [2.05, 4.69) is 47.4 Å². The van der Waals surface area contributed by atoms with Gasteiger partial charge in [-0.3, -0.25) is 4.90 Å². The van der Waals surface area contributed by atoms with Crippen LogP contribution in [0.4, 0.5) is 0 Å². The molecule has 2 heterocycles. The zero-order valence-corrected chi connectivity index (χ0v) is 15.1. The van der Waals surface area contributed by atoms with Crippen molar-refractivity contribution in [2.45, 2.75) is 25.1 Å². The average Bonchev–Trinajstić information content (AvgIpc) is 3.10. The van der Waals surface area contributed by atoms with Gasteiger partial charge >= 0.3 is 0 Å². The summed E-state index contributed by atoms with van der Waals surface area (Å²) in [6.45, 7) is 1.00. The Morgan fingerprint density at radius 2 is 1.84 bits per heavy atom. The highest BCUT2D eigenvalue weighted by Crippen LogP contribution is 2.49. The van der Waals surface area contributed by atoms with Gasteiger partial charge in [0.1, 0.15) is 5.75 Å². The van der Waals surface area contributed by atoms with E-state index >= 15 is 0 Å². The number of hydrogen-bond acceptors (Lipinski definition) is 2. The maximum atomic E-state index is 6.64. The monoisotopic (exact) mass is 369 g/mol. The third kappa shape index (κ3) is 2.36. The second-order valence-corrected chi connectivity index (χ2v) is 7.48. The third-order valence-corrected chi connectivity index (χ3v) is 6.15. The number of ether oxygens (including phenoxy) is 1. The number of nitrogens with zero attached hydrogens (tertiary/aromatic N) is 1. The van der Waals surface area contributed by atoms with Crippen LogP contribution in [0, 0.1) is 0 Å². The lowest BCUT2D eigenvalue weighted by molar-refractivity contribution is 0.0176. The van der Waals surface area contributed by atoms with Crippen LogP contribution in [-0.2, 0) is 0 Å². The van der Waals surface area contributed by atoms with Gasteiger partial charge in [0.05, 0.1) is 16.1 Å². The molecule has 5 rings (SSSR count). The normalized spacial score (nSPS) is 22.5. The molecule has 2 atom stereocenters. The predicted octanol–water partition coefficient (Wildman–Crippen LogP) is 6.05. The first kappa shape index (κ1) is 15.5. The number of halogens is 2. The van der Waals surface area contributed by atoms with Crippen molar-refractivity contribution >= 4 is 34.0 Å². The van der Waals surface area contributed by atoms with Gasteiger partial charge < -0.3 is 4.74 Å². The van der Waals surface area contributed by atoms with Crippen LogP contribution in [0.3, 0.4) is 0 Å².